The highest BCUT2D eigenvalue weighted by atomic mass is 32.1. The number of thiophene rings is 1. The van der Waals surface area contributed by atoms with Crippen molar-refractivity contribution in [2.75, 3.05) is 5.32 Å². The second-order valence-electron chi connectivity index (χ2n) is 3.84. The van der Waals surface area contributed by atoms with Crippen molar-refractivity contribution >= 4 is 35.0 Å². The number of anilines is 1. The van der Waals surface area contributed by atoms with Crippen LogP contribution in [0.25, 0.3) is 6.08 Å². The molecule has 1 amide bonds. The topological polar surface area (TPSA) is 66.4 Å². The van der Waals surface area contributed by atoms with E-state index in [0.717, 1.165) is 17.4 Å². The van der Waals surface area contributed by atoms with E-state index < -0.39 is 11.8 Å². The number of amides is 1. The Bertz CT molecular complexity index is 679. The maximum atomic E-state index is 13.0. The lowest BCUT2D eigenvalue weighted by atomic mass is 10.3. The minimum Gasteiger partial charge on any atom is -0.478 e. The first kappa shape index (κ1) is 14.0. The molecule has 0 saturated heterocycles. The molecule has 0 unspecified atom stereocenters. The quantitative estimate of drug-likeness (QED) is 0.850. The molecule has 2 N–H and O–H groups in total. The number of halogens is 1. The van der Waals surface area contributed by atoms with Gasteiger partial charge in [0, 0.05) is 16.6 Å². The van der Waals surface area contributed by atoms with Crippen LogP contribution in [0.2, 0.25) is 0 Å². The van der Waals surface area contributed by atoms with Gasteiger partial charge in [-0.3, -0.25) is 4.79 Å². The highest BCUT2D eigenvalue weighted by Crippen LogP contribution is 2.19. The molecule has 2 aromatic rings. The van der Waals surface area contributed by atoms with Gasteiger partial charge in [0.1, 0.15) is 5.82 Å². The molecule has 0 bridgehead atoms. The summed E-state index contributed by atoms with van der Waals surface area (Å²) in [5.74, 6) is -1.85. The first-order valence-electron chi connectivity index (χ1n) is 5.62. The third kappa shape index (κ3) is 3.76. The van der Waals surface area contributed by atoms with Crippen LogP contribution in [0.4, 0.5) is 10.1 Å². The fourth-order valence-electron chi connectivity index (χ4n) is 1.48. The van der Waals surface area contributed by atoms with Crippen LogP contribution in [0.1, 0.15) is 14.5 Å². The average Bonchev–Trinajstić information content (AvgIpc) is 2.85. The number of carbonyl (C=O) groups is 2. The van der Waals surface area contributed by atoms with E-state index in [1.54, 1.807) is 18.2 Å². The van der Waals surface area contributed by atoms with Gasteiger partial charge >= 0.3 is 5.97 Å². The van der Waals surface area contributed by atoms with Gasteiger partial charge in [-0.2, -0.15) is 0 Å². The largest absolute Gasteiger partial charge is 0.478 e. The molecule has 0 radical (unpaired) electrons. The molecule has 0 spiro atoms. The van der Waals surface area contributed by atoms with Crippen molar-refractivity contribution in [1.82, 2.24) is 0 Å². The lowest BCUT2D eigenvalue weighted by Gasteiger charge is -2.02. The zero-order chi connectivity index (χ0) is 14.5. The molecule has 0 atom stereocenters. The minimum absolute atomic E-state index is 0.365. The number of hydrogen-bond donors (Lipinski definition) is 2. The fraction of sp³-hybridized carbons (Fsp3) is 0. The first-order valence-corrected chi connectivity index (χ1v) is 6.44. The van der Waals surface area contributed by atoms with Crippen molar-refractivity contribution in [2.45, 2.75) is 0 Å². The first-order chi connectivity index (χ1) is 9.54. The molecule has 20 heavy (non-hydrogen) atoms. The molecule has 2 rings (SSSR count). The van der Waals surface area contributed by atoms with Crippen LogP contribution >= 0.6 is 11.3 Å². The molecule has 1 aromatic carbocycles. The maximum absolute atomic E-state index is 13.0. The van der Waals surface area contributed by atoms with Crippen molar-refractivity contribution in [1.29, 1.82) is 0 Å². The highest BCUT2D eigenvalue weighted by molar-refractivity contribution is 7.15. The lowest BCUT2D eigenvalue weighted by molar-refractivity contribution is -0.131. The summed E-state index contributed by atoms with van der Waals surface area (Å²) >= 11 is 1.15. The van der Waals surface area contributed by atoms with E-state index in [0.29, 0.717) is 15.4 Å². The van der Waals surface area contributed by atoms with E-state index in [2.05, 4.69) is 5.32 Å². The molecule has 1 heterocycles. The fourth-order valence-corrected chi connectivity index (χ4v) is 2.28. The van der Waals surface area contributed by atoms with Gasteiger partial charge in [-0.1, -0.05) is 6.07 Å². The molecule has 0 saturated carbocycles. The number of nitrogens with one attached hydrogen (secondary N) is 1. The van der Waals surface area contributed by atoms with E-state index >= 15 is 0 Å². The molecule has 6 heteroatoms. The Morgan fingerprint density at radius 3 is 2.75 bits per heavy atom. The van der Waals surface area contributed by atoms with Crippen LogP contribution in [0.15, 0.2) is 42.5 Å². The molecule has 0 aliphatic heterocycles. The summed E-state index contributed by atoms with van der Waals surface area (Å²) in [6.07, 6.45) is 2.41. The van der Waals surface area contributed by atoms with Gasteiger partial charge in [-0.05, 0) is 36.4 Å². The van der Waals surface area contributed by atoms with Crippen molar-refractivity contribution < 1.29 is 19.1 Å². The van der Waals surface area contributed by atoms with Crippen LogP contribution in [0.5, 0.6) is 0 Å². The van der Waals surface area contributed by atoms with E-state index in [-0.39, 0.29) is 5.91 Å². The monoisotopic (exact) mass is 291 g/mol. The maximum Gasteiger partial charge on any atom is 0.328 e. The second-order valence-corrected chi connectivity index (χ2v) is 4.95. The molecule has 102 valence electrons. The second kappa shape index (κ2) is 6.12. The van der Waals surface area contributed by atoms with Crippen molar-refractivity contribution in [3.05, 3.63) is 58.0 Å². The SMILES string of the molecule is O=C(O)C=Cc1ccc(C(=O)Nc2cccc(F)c2)s1. The summed E-state index contributed by atoms with van der Waals surface area (Å²) in [6, 6.07) is 8.82. The molecule has 1 aromatic heterocycles. The van der Waals surface area contributed by atoms with Gasteiger partial charge in [0.05, 0.1) is 4.88 Å². The lowest BCUT2D eigenvalue weighted by Crippen LogP contribution is -2.09. The van der Waals surface area contributed by atoms with E-state index in [4.69, 9.17) is 5.11 Å². The van der Waals surface area contributed by atoms with Gasteiger partial charge in [0.25, 0.3) is 5.91 Å². The van der Waals surface area contributed by atoms with Gasteiger partial charge in [0.2, 0.25) is 0 Å². The smallest absolute Gasteiger partial charge is 0.328 e. The Balaban J connectivity index is 2.08. The Morgan fingerprint density at radius 1 is 1.25 bits per heavy atom. The summed E-state index contributed by atoms with van der Waals surface area (Å²) in [6.45, 7) is 0. The van der Waals surface area contributed by atoms with E-state index in [1.807, 2.05) is 0 Å². The third-order valence-electron chi connectivity index (χ3n) is 2.32. The number of benzene rings is 1. The van der Waals surface area contributed by atoms with Gasteiger partial charge < -0.3 is 10.4 Å². The number of carboxylic acids is 1. The van der Waals surface area contributed by atoms with Crippen LogP contribution in [-0.4, -0.2) is 17.0 Å². The predicted octanol–water partition coefficient (Wildman–Crippen LogP) is 3.24. The molecular formula is C14H10FNO3S. The Labute approximate surface area is 118 Å². The number of aliphatic carboxylic acids is 1. The molecule has 4 nitrogen and oxygen atoms in total. The Hall–Kier alpha value is -2.47. The molecule has 0 aliphatic carbocycles. The number of carbonyl (C=O) groups excluding carboxylic acids is 1. The third-order valence-corrected chi connectivity index (χ3v) is 3.37. The predicted molar refractivity (Wildman–Crippen MR) is 75.3 cm³/mol. The van der Waals surface area contributed by atoms with Crippen LogP contribution in [-0.2, 0) is 4.79 Å². The number of carboxylic acid groups (broad SMARTS) is 1. The molecular weight excluding hydrogens is 281 g/mol. The van der Waals surface area contributed by atoms with Gasteiger partial charge in [0.15, 0.2) is 0 Å². The molecule has 0 fully saturated rings. The van der Waals surface area contributed by atoms with E-state index in [9.17, 15) is 14.0 Å². The minimum atomic E-state index is -1.05. The summed E-state index contributed by atoms with van der Waals surface area (Å²) < 4.78 is 13.0. The molecule has 0 aliphatic rings. The normalized spacial score (nSPS) is 10.7. The average molecular weight is 291 g/mol. The number of rotatable bonds is 4. The Kier molecular flexibility index (Phi) is 4.27. The van der Waals surface area contributed by atoms with Gasteiger partial charge in [-0.25, -0.2) is 9.18 Å². The van der Waals surface area contributed by atoms with Crippen molar-refractivity contribution in [3.63, 3.8) is 0 Å². The summed E-state index contributed by atoms with van der Waals surface area (Å²) in [4.78, 5) is 23.4. The number of hydrogen-bond acceptors (Lipinski definition) is 3. The van der Waals surface area contributed by atoms with E-state index in [1.165, 1.54) is 24.3 Å². The summed E-state index contributed by atoms with van der Waals surface area (Å²) in [5.41, 5.74) is 0.367. The summed E-state index contributed by atoms with van der Waals surface area (Å²) in [7, 11) is 0. The van der Waals surface area contributed by atoms with Gasteiger partial charge in [-0.15, -0.1) is 11.3 Å². The van der Waals surface area contributed by atoms with Crippen LogP contribution in [0.3, 0.4) is 0 Å². The standard InChI is InChI=1S/C14H10FNO3S/c15-9-2-1-3-10(8-9)16-14(19)12-6-4-11(20-12)5-7-13(17)18/h1-8H,(H,16,19)(H,17,18). The zero-order valence-corrected chi connectivity index (χ0v) is 11.0. The van der Waals surface area contributed by atoms with Crippen LogP contribution in [0, 0.1) is 5.82 Å². The Morgan fingerprint density at radius 2 is 2.05 bits per heavy atom. The zero-order valence-electron chi connectivity index (χ0n) is 10.2. The highest BCUT2D eigenvalue weighted by Gasteiger charge is 2.09. The summed E-state index contributed by atoms with van der Waals surface area (Å²) in [5, 5.41) is 11.1. The van der Waals surface area contributed by atoms with Crippen molar-refractivity contribution in [3.8, 4) is 0 Å². The van der Waals surface area contributed by atoms with Crippen molar-refractivity contribution in [2.24, 2.45) is 0 Å². The van der Waals surface area contributed by atoms with Crippen LogP contribution < -0.4 is 5.32 Å².